The third kappa shape index (κ3) is 4.02. The molecule has 2 nitrogen and oxygen atoms in total. The maximum absolute atomic E-state index is 3.71. The minimum absolute atomic E-state index is 0.410. The molecule has 1 saturated heterocycles. The third-order valence-corrected chi connectivity index (χ3v) is 6.69. The lowest BCUT2D eigenvalue weighted by atomic mass is 9.97. The van der Waals surface area contributed by atoms with Crippen LogP contribution in [0.3, 0.4) is 0 Å². The van der Waals surface area contributed by atoms with Gasteiger partial charge in [0, 0.05) is 36.5 Å². The minimum atomic E-state index is 0.410. The number of rotatable bonds is 6. The lowest BCUT2D eigenvalue weighted by Gasteiger charge is -2.44. The molecule has 2 rings (SSSR count). The Bertz CT molecular complexity index is 408. The Morgan fingerprint density at radius 1 is 1.24 bits per heavy atom. The quantitative estimate of drug-likeness (QED) is 0.857. The van der Waals surface area contributed by atoms with Crippen LogP contribution in [0, 0.1) is 0 Å². The van der Waals surface area contributed by atoms with Gasteiger partial charge in [-0.25, -0.2) is 0 Å². The van der Waals surface area contributed by atoms with Crippen LogP contribution in [-0.2, 0) is 0 Å². The summed E-state index contributed by atoms with van der Waals surface area (Å²) in [6.07, 6.45) is 4.77. The van der Waals surface area contributed by atoms with E-state index in [1.54, 1.807) is 0 Å². The van der Waals surface area contributed by atoms with E-state index < -0.39 is 0 Å². The molecule has 1 fully saturated rings. The van der Waals surface area contributed by atoms with Gasteiger partial charge in [-0.1, -0.05) is 44.2 Å². The van der Waals surface area contributed by atoms with E-state index in [1.807, 2.05) is 11.8 Å². The lowest BCUT2D eigenvalue weighted by Crippen LogP contribution is -2.55. The Morgan fingerprint density at radius 3 is 2.48 bits per heavy atom. The van der Waals surface area contributed by atoms with Gasteiger partial charge < -0.3 is 5.32 Å². The van der Waals surface area contributed by atoms with Crippen molar-refractivity contribution in [1.29, 1.82) is 0 Å². The summed E-state index contributed by atoms with van der Waals surface area (Å²) in [5.41, 5.74) is 1.41. The largest absolute Gasteiger partial charge is 0.307 e. The maximum Gasteiger partial charge on any atom is 0.0449 e. The molecular weight excluding hydrogens is 276 g/mol. The second-order valence-corrected chi connectivity index (χ2v) is 7.52. The molecule has 118 valence electrons. The minimum Gasteiger partial charge on any atom is -0.307 e. The van der Waals surface area contributed by atoms with E-state index in [0.717, 1.165) is 13.1 Å². The molecule has 0 spiro atoms. The molecule has 0 amide bonds. The van der Waals surface area contributed by atoms with Crippen molar-refractivity contribution < 1.29 is 0 Å². The molecule has 1 aliphatic rings. The normalized spacial score (nSPS) is 24.2. The first-order chi connectivity index (χ1) is 10.1. The molecule has 2 atom stereocenters. The van der Waals surface area contributed by atoms with Crippen molar-refractivity contribution in [3.63, 3.8) is 0 Å². The summed E-state index contributed by atoms with van der Waals surface area (Å²) in [5.74, 6) is 0. The topological polar surface area (TPSA) is 15.3 Å². The van der Waals surface area contributed by atoms with Crippen molar-refractivity contribution in [3.05, 3.63) is 35.9 Å². The van der Waals surface area contributed by atoms with Crippen LogP contribution >= 0.6 is 11.8 Å². The van der Waals surface area contributed by atoms with Gasteiger partial charge in [-0.05, 0) is 31.6 Å². The molecule has 1 aromatic carbocycles. The number of thioether (sulfide) groups is 1. The van der Waals surface area contributed by atoms with Gasteiger partial charge in [-0.2, -0.15) is 11.8 Å². The molecule has 1 N–H and O–H groups in total. The van der Waals surface area contributed by atoms with Crippen molar-refractivity contribution in [2.24, 2.45) is 0 Å². The fraction of sp³-hybridized carbons (Fsp3) is 0.667. The molecule has 0 radical (unpaired) electrons. The number of nitrogens with one attached hydrogen (secondary N) is 1. The fourth-order valence-corrected chi connectivity index (χ4v) is 4.12. The number of hydrogen-bond donors (Lipinski definition) is 1. The highest BCUT2D eigenvalue weighted by atomic mass is 32.2. The van der Waals surface area contributed by atoms with Crippen molar-refractivity contribution in [2.45, 2.75) is 50.4 Å². The van der Waals surface area contributed by atoms with Gasteiger partial charge in [-0.15, -0.1) is 0 Å². The molecular formula is C18H30N2S. The summed E-state index contributed by atoms with van der Waals surface area (Å²) < 4.78 is 0.410. The lowest BCUT2D eigenvalue weighted by molar-refractivity contribution is 0.125. The van der Waals surface area contributed by atoms with Gasteiger partial charge in [0.2, 0.25) is 0 Å². The first-order valence-electron chi connectivity index (χ1n) is 8.21. The van der Waals surface area contributed by atoms with Crippen molar-refractivity contribution in [1.82, 2.24) is 10.2 Å². The van der Waals surface area contributed by atoms with Gasteiger partial charge in [0.1, 0.15) is 0 Å². The van der Waals surface area contributed by atoms with Crippen LogP contribution in [0.5, 0.6) is 0 Å². The summed E-state index contributed by atoms with van der Waals surface area (Å²) in [7, 11) is 0. The zero-order chi connectivity index (χ0) is 15.3. The van der Waals surface area contributed by atoms with Crippen LogP contribution in [0.25, 0.3) is 0 Å². The average molecular weight is 307 g/mol. The number of piperazine rings is 1. The zero-order valence-corrected chi connectivity index (χ0v) is 14.7. The van der Waals surface area contributed by atoms with Crippen LogP contribution in [-0.4, -0.2) is 41.6 Å². The zero-order valence-electron chi connectivity index (χ0n) is 13.9. The molecule has 2 unspecified atom stereocenters. The second-order valence-electron chi connectivity index (χ2n) is 6.24. The molecule has 1 aliphatic heterocycles. The highest BCUT2D eigenvalue weighted by Crippen LogP contribution is 2.33. The second kappa shape index (κ2) is 7.66. The standard InChI is InChI=1S/C18H30N2S/c1-5-18(6-2,21-4)14-20-13-17(19-12-15(20)3)16-10-8-7-9-11-16/h7-11,15,17,19H,5-6,12-14H2,1-4H3. The number of hydrogen-bond acceptors (Lipinski definition) is 3. The molecule has 1 heterocycles. The maximum atomic E-state index is 3.71. The van der Waals surface area contributed by atoms with E-state index in [1.165, 1.54) is 24.9 Å². The Morgan fingerprint density at radius 2 is 1.90 bits per heavy atom. The number of benzene rings is 1. The highest BCUT2D eigenvalue weighted by molar-refractivity contribution is 8.00. The van der Waals surface area contributed by atoms with Crippen molar-refractivity contribution >= 4 is 11.8 Å². The molecule has 0 aliphatic carbocycles. The Labute approximate surface area is 134 Å². The van der Waals surface area contributed by atoms with E-state index in [-0.39, 0.29) is 0 Å². The van der Waals surface area contributed by atoms with Crippen LogP contribution in [0.2, 0.25) is 0 Å². The van der Waals surface area contributed by atoms with Gasteiger partial charge >= 0.3 is 0 Å². The van der Waals surface area contributed by atoms with Gasteiger partial charge in [0.05, 0.1) is 0 Å². The highest BCUT2D eigenvalue weighted by Gasteiger charge is 2.33. The van der Waals surface area contributed by atoms with Crippen molar-refractivity contribution in [2.75, 3.05) is 25.9 Å². The van der Waals surface area contributed by atoms with Gasteiger partial charge in [0.15, 0.2) is 0 Å². The van der Waals surface area contributed by atoms with Gasteiger partial charge in [0.25, 0.3) is 0 Å². The summed E-state index contributed by atoms with van der Waals surface area (Å²) in [6.45, 7) is 10.4. The monoisotopic (exact) mass is 306 g/mol. The first kappa shape index (κ1) is 16.9. The molecule has 1 aromatic rings. The molecule has 21 heavy (non-hydrogen) atoms. The Kier molecular flexibility index (Phi) is 6.15. The van der Waals surface area contributed by atoms with E-state index in [4.69, 9.17) is 0 Å². The average Bonchev–Trinajstić information content (AvgIpc) is 2.55. The molecule has 0 aromatic heterocycles. The van der Waals surface area contributed by atoms with Crippen molar-refractivity contribution in [3.8, 4) is 0 Å². The van der Waals surface area contributed by atoms with E-state index in [2.05, 4.69) is 67.6 Å². The van der Waals surface area contributed by atoms with E-state index in [0.29, 0.717) is 16.8 Å². The summed E-state index contributed by atoms with van der Waals surface area (Å²) >= 11 is 2.05. The van der Waals surface area contributed by atoms with Crippen LogP contribution < -0.4 is 5.32 Å². The van der Waals surface area contributed by atoms with Crippen LogP contribution in [0.15, 0.2) is 30.3 Å². The van der Waals surface area contributed by atoms with Gasteiger partial charge in [-0.3, -0.25) is 4.90 Å². The smallest absolute Gasteiger partial charge is 0.0449 e. The van der Waals surface area contributed by atoms with E-state index >= 15 is 0 Å². The Balaban J connectivity index is 2.08. The predicted molar refractivity (Wildman–Crippen MR) is 95.0 cm³/mol. The summed E-state index contributed by atoms with van der Waals surface area (Å²) in [6, 6.07) is 12.0. The molecule has 3 heteroatoms. The first-order valence-corrected chi connectivity index (χ1v) is 9.44. The van der Waals surface area contributed by atoms with Crippen LogP contribution in [0.1, 0.15) is 45.2 Å². The fourth-order valence-electron chi connectivity index (χ4n) is 3.25. The Hall–Kier alpha value is -0.510. The summed E-state index contributed by atoms with van der Waals surface area (Å²) in [4.78, 5) is 2.69. The predicted octanol–water partition coefficient (Wildman–Crippen LogP) is 3.94. The molecule has 0 bridgehead atoms. The van der Waals surface area contributed by atoms with Crippen LogP contribution in [0.4, 0.5) is 0 Å². The molecule has 0 saturated carbocycles. The third-order valence-electron chi connectivity index (χ3n) is 5.11. The summed E-state index contributed by atoms with van der Waals surface area (Å²) in [5, 5.41) is 3.71. The van der Waals surface area contributed by atoms with E-state index in [9.17, 15) is 0 Å². The number of nitrogens with zero attached hydrogens (tertiary/aromatic N) is 1. The SMILES string of the molecule is CCC(CC)(CN1CC(c2ccccc2)NCC1C)SC.